The maximum absolute atomic E-state index is 13.0. The molecule has 0 aliphatic heterocycles. The Labute approximate surface area is 169 Å². The summed E-state index contributed by atoms with van der Waals surface area (Å²) >= 11 is 11.7. The number of carbonyl (C=O) groups is 1. The molecule has 27 heavy (non-hydrogen) atoms. The van der Waals surface area contributed by atoms with Crippen LogP contribution in [0.25, 0.3) is 0 Å². The molecule has 0 spiro atoms. The van der Waals surface area contributed by atoms with Crippen molar-refractivity contribution in [3.05, 3.63) is 64.1 Å². The first-order valence-electron chi connectivity index (χ1n) is 8.08. The topological polar surface area (TPSA) is 75.7 Å². The van der Waals surface area contributed by atoms with Crippen LogP contribution in [0.15, 0.2) is 53.4 Å². The Morgan fingerprint density at radius 2 is 1.59 bits per heavy atom. The van der Waals surface area contributed by atoms with Crippen molar-refractivity contribution >= 4 is 39.1 Å². The highest BCUT2D eigenvalue weighted by molar-refractivity contribution is 7.89. The van der Waals surface area contributed by atoms with E-state index in [4.69, 9.17) is 27.9 Å². The molecule has 9 heteroatoms. The van der Waals surface area contributed by atoms with Crippen LogP contribution in [0, 0.1) is 0 Å². The number of hydrogen-bond acceptors (Lipinski definition) is 4. The molecule has 146 valence electrons. The number of methoxy groups -OCH3 is 1. The maximum atomic E-state index is 13.0. The highest BCUT2D eigenvalue weighted by Gasteiger charge is 2.26. The maximum Gasteiger partial charge on any atom is 0.243 e. The number of ether oxygens (including phenoxy) is 1. The molecule has 0 saturated carbocycles. The van der Waals surface area contributed by atoms with E-state index in [1.807, 2.05) is 0 Å². The van der Waals surface area contributed by atoms with Gasteiger partial charge in [-0.3, -0.25) is 4.79 Å². The molecule has 1 amide bonds. The van der Waals surface area contributed by atoms with Gasteiger partial charge in [-0.15, -0.1) is 0 Å². The molecule has 6 nitrogen and oxygen atoms in total. The molecule has 2 rings (SSSR count). The lowest BCUT2D eigenvalue weighted by Crippen LogP contribution is -2.41. The zero-order valence-corrected chi connectivity index (χ0v) is 17.0. The lowest BCUT2D eigenvalue weighted by Gasteiger charge is -2.22. The minimum absolute atomic E-state index is 0.0276. The van der Waals surface area contributed by atoms with Gasteiger partial charge in [0.05, 0.1) is 18.0 Å². The van der Waals surface area contributed by atoms with Crippen LogP contribution in [-0.4, -0.2) is 45.4 Å². The molecule has 0 unspecified atom stereocenters. The second kappa shape index (κ2) is 10.1. The summed E-state index contributed by atoms with van der Waals surface area (Å²) in [5.41, 5.74) is 0.710. The fourth-order valence-corrected chi connectivity index (χ4v) is 3.92. The third-order valence-electron chi connectivity index (χ3n) is 3.67. The van der Waals surface area contributed by atoms with Gasteiger partial charge in [0.25, 0.3) is 0 Å². The average Bonchev–Trinajstić information content (AvgIpc) is 2.63. The van der Waals surface area contributed by atoms with E-state index in [9.17, 15) is 13.2 Å². The van der Waals surface area contributed by atoms with Gasteiger partial charge >= 0.3 is 0 Å². The normalized spacial score (nSPS) is 11.6. The molecule has 0 saturated heterocycles. The first-order valence-corrected chi connectivity index (χ1v) is 10.3. The fraction of sp³-hybridized carbons (Fsp3) is 0.278. The third-order valence-corrected chi connectivity index (χ3v) is 5.98. The van der Waals surface area contributed by atoms with E-state index < -0.39 is 15.9 Å². The summed E-state index contributed by atoms with van der Waals surface area (Å²) < 4.78 is 32.1. The van der Waals surface area contributed by atoms with Crippen LogP contribution in [0.4, 0.5) is 0 Å². The van der Waals surface area contributed by atoms with Gasteiger partial charge in [0.15, 0.2) is 0 Å². The second-order valence-electron chi connectivity index (χ2n) is 5.70. The van der Waals surface area contributed by atoms with Crippen LogP contribution >= 0.6 is 23.2 Å². The summed E-state index contributed by atoms with van der Waals surface area (Å²) in [6, 6.07) is 12.6. The Kier molecular flexibility index (Phi) is 8.07. The van der Waals surface area contributed by atoms with E-state index in [0.29, 0.717) is 28.8 Å². The fourth-order valence-electron chi connectivity index (χ4n) is 2.28. The standard InChI is InChI=1S/C18H20Cl2N2O4S/c1-26-11-10-21-18(23)13-22(12-14-2-4-15(19)5-3-14)27(24,25)17-8-6-16(20)7-9-17/h2-9H,10-13H2,1H3,(H,21,23). The smallest absolute Gasteiger partial charge is 0.243 e. The van der Waals surface area contributed by atoms with Crippen molar-refractivity contribution in [2.24, 2.45) is 0 Å². The largest absolute Gasteiger partial charge is 0.383 e. The quantitative estimate of drug-likeness (QED) is 0.620. The number of nitrogens with zero attached hydrogens (tertiary/aromatic N) is 1. The van der Waals surface area contributed by atoms with Crippen molar-refractivity contribution in [1.29, 1.82) is 0 Å². The number of benzene rings is 2. The molecule has 2 aromatic carbocycles. The second-order valence-corrected chi connectivity index (χ2v) is 8.51. The summed E-state index contributed by atoms with van der Waals surface area (Å²) in [6.07, 6.45) is 0. The third kappa shape index (κ3) is 6.48. The van der Waals surface area contributed by atoms with Crippen LogP contribution < -0.4 is 5.32 Å². The van der Waals surface area contributed by atoms with E-state index >= 15 is 0 Å². The zero-order valence-electron chi connectivity index (χ0n) is 14.7. The monoisotopic (exact) mass is 430 g/mol. The number of amides is 1. The lowest BCUT2D eigenvalue weighted by molar-refractivity contribution is -0.121. The summed E-state index contributed by atoms with van der Waals surface area (Å²) in [6.45, 7) is 0.342. The van der Waals surface area contributed by atoms with E-state index in [-0.39, 0.29) is 18.0 Å². The van der Waals surface area contributed by atoms with Gasteiger partial charge in [-0.2, -0.15) is 4.31 Å². The molecule has 0 aliphatic rings. The number of halogens is 2. The summed E-state index contributed by atoms with van der Waals surface area (Å²) in [5, 5.41) is 3.60. The summed E-state index contributed by atoms with van der Waals surface area (Å²) in [7, 11) is -2.38. The number of hydrogen-bond donors (Lipinski definition) is 1. The minimum Gasteiger partial charge on any atom is -0.383 e. The van der Waals surface area contributed by atoms with E-state index in [0.717, 1.165) is 4.31 Å². The Morgan fingerprint density at radius 1 is 1.04 bits per heavy atom. The molecule has 0 heterocycles. The van der Waals surface area contributed by atoms with Crippen LogP contribution in [0.5, 0.6) is 0 Å². The summed E-state index contributed by atoms with van der Waals surface area (Å²) in [5.74, 6) is -0.418. The Balaban J connectivity index is 2.25. The lowest BCUT2D eigenvalue weighted by atomic mass is 10.2. The van der Waals surface area contributed by atoms with Gasteiger partial charge in [-0.05, 0) is 42.0 Å². The molecule has 1 N–H and O–H groups in total. The van der Waals surface area contributed by atoms with E-state index in [1.165, 1.54) is 31.4 Å². The summed E-state index contributed by atoms with van der Waals surface area (Å²) in [4.78, 5) is 12.3. The minimum atomic E-state index is -3.90. The molecule has 0 atom stereocenters. The first-order chi connectivity index (χ1) is 12.8. The van der Waals surface area contributed by atoms with Crippen LogP contribution in [-0.2, 0) is 26.1 Å². The predicted molar refractivity (Wildman–Crippen MR) is 105 cm³/mol. The van der Waals surface area contributed by atoms with E-state index in [1.54, 1.807) is 24.3 Å². The molecule has 0 aliphatic carbocycles. The molecular weight excluding hydrogens is 411 g/mol. The number of nitrogens with one attached hydrogen (secondary N) is 1. The number of rotatable bonds is 9. The van der Waals surface area contributed by atoms with Crippen LogP contribution in [0.1, 0.15) is 5.56 Å². The van der Waals surface area contributed by atoms with Gasteiger partial charge in [-0.1, -0.05) is 35.3 Å². The molecular formula is C18H20Cl2N2O4S. The van der Waals surface area contributed by atoms with Crippen LogP contribution in [0.2, 0.25) is 10.0 Å². The first kappa shape index (κ1) is 21.7. The highest BCUT2D eigenvalue weighted by Crippen LogP contribution is 2.21. The predicted octanol–water partition coefficient (Wildman–Crippen LogP) is 2.95. The van der Waals surface area contributed by atoms with Gasteiger partial charge in [-0.25, -0.2) is 8.42 Å². The van der Waals surface area contributed by atoms with Gasteiger partial charge in [0.1, 0.15) is 0 Å². The SMILES string of the molecule is COCCNC(=O)CN(Cc1ccc(Cl)cc1)S(=O)(=O)c1ccc(Cl)cc1. The van der Waals surface area contributed by atoms with Gasteiger partial charge < -0.3 is 10.1 Å². The molecule has 2 aromatic rings. The molecule has 0 radical (unpaired) electrons. The molecule has 0 fully saturated rings. The van der Waals surface area contributed by atoms with Crippen molar-refractivity contribution in [2.45, 2.75) is 11.4 Å². The Bertz CT molecular complexity index is 856. The Hall–Kier alpha value is -1.64. The van der Waals surface area contributed by atoms with Crippen molar-refractivity contribution in [3.63, 3.8) is 0 Å². The number of sulfonamides is 1. The number of carbonyl (C=O) groups excluding carboxylic acids is 1. The van der Waals surface area contributed by atoms with Crippen LogP contribution in [0.3, 0.4) is 0 Å². The molecule has 0 bridgehead atoms. The zero-order chi connectivity index (χ0) is 19.9. The van der Waals surface area contributed by atoms with Crippen molar-refractivity contribution in [2.75, 3.05) is 26.8 Å². The van der Waals surface area contributed by atoms with E-state index in [2.05, 4.69) is 5.32 Å². The van der Waals surface area contributed by atoms with Gasteiger partial charge in [0, 0.05) is 30.2 Å². The van der Waals surface area contributed by atoms with Crippen molar-refractivity contribution in [3.8, 4) is 0 Å². The van der Waals surface area contributed by atoms with Crippen molar-refractivity contribution in [1.82, 2.24) is 9.62 Å². The highest BCUT2D eigenvalue weighted by atomic mass is 35.5. The average molecular weight is 431 g/mol. The van der Waals surface area contributed by atoms with Gasteiger partial charge in [0.2, 0.25) is 15.9 Å². The van der Waals surface area contributed by atoms with Crippen molar-refractivity contribution < 1.29 is 17.9 Å². The Morgan fingerprint density at radius 3 is 2.15 bits per heavy atom. The molecule has 0 aromatic heterocycles.